The second-order valence-corrected chi connectivity index (χ2v) is 9.72. The number of rotatable bonds is 14. The number of benzene rings is 1. The number of esters is 1. The maximum absolute atomic E-state index is 13.6. The lowest BCUT2D eigenvalue weighted by Gasteiger charge is -2.38. The topological polar surface area (TPSA) is 126 Å². The molecule has 0 radical (unpaired) electrons. The molecule has 0 aliphatic carbocycles. The standard InChI is InChI=1S/C27H42N4O6/c1-5-6-8-14-21(17-23(32)30-37-18-20-12-9-7-10-13-20)26(34)31-22(15-11-16-28-31)25(33)29-24(19(2)3)27(35)36-4/h7,9-10,12-13,19,21-22,24,28H,5-6,8,11,14-18H2,1-4H3,(H,29,33)(H,30,32)/t21-,22+,24+/m1/s1. The lowest BCUT2D eigenvalue weighted by molar-refractivity contribution is -0.154. The van der Waals surface area contributed by atoms with Crippen molar-refractivity contribution in [1.29, 1.82) is 0 Å². The number of unbranched alkanes of at least 4 members (excludes halogenated alkanes) is 2. The van der Waals surface area contributed by atoms with Gasteiger partial charge in [0.2, 0.25) is 17.7 Å². The van der Waals surface area contributed by atoms with Crippen LogP contribution in [0.4, 0.5) is 0 Å². The van der Waals surface area contributed by atoms with Crippen molar-refractivity contribution in [2.45, 2.75) is 84.4 Å². The van der Waals surface area contributed by atoms with Gasteiger partial charge in [-0.2, -0.15) is 0 Å². The van der Waals surface area contributed by atoms with Gasteiger partial charge in [-0.15, -0.1) is 0 Å². The van der Waals surface area contributed by atoms with Crippen LogP contribution in [-0.2, 0) is 35.4 Å². The first-order valence-electron chi connectivity index (χ1n) is 13.2. The number of carbonyl (C=O) groups is 4. The molecule has 1 aliphatic rings. The van der Waals surface area contributed by atoms with E-state index >= 15 is 0 Å². The molecule has 0 bridgehead atoms. The zero-order chi connectivity index (χ0) is 27.2. The number of methoxy groups -OCH3 is 1. The van der Waals surface area contributed by atoms with Crippen LogP contribution in [0, 0.1) is 11.8 Å². The Hall–Kier alpha value is -2.98. The first-order chi connectivity index (χ1) is 17.8. The number of ether oxygens (including phenoxy) is 1. The van der Waals surface area contributed by atoms with E-state index in [1.54, 1.807) is 0 Å². The summed E-state index contributed by atoms with van der Waals surface area (Å²) in [6.45, 7) is 6.45. The SMILES string of the molecule is CCCCC[C@H](CC(=O)NOCc1ccccc1)C(=O)N1NCCC[C@H]1C(=O)N[C@H](C(=O)OC)C(C)C. The van der Waals surface area contributed by atoms with Crippen LogP contribution in [0.25, 0.3) is 0 Å². The van der Waals surface area contributed by atoms with Crippen molar-refractivity contribution < 1.29 is 28.8 Å². The molecule has 0 spiro atoms. The Balaban J connectivity index is 2.07. The molecule has 3 amide bonds. The summed E-state index contributed by atoms with van der Waals surface area (Å²) in [5.74, 6) is -2.46. The van der Waals surface area contributed by atoms with E-state index in [0.717, 1.165) is 24.8 Å². The van der Waals surface area contributed by atoms with Gasteiger partial charge in [0.15, 0.2) is 0 Å². The third-order valence-corrected chi connectivity index (χ3v) is 6.41. The van der Waals surface area contributed by atoms with Crippen LogP contribution in [0.15, 0.2) is 30.3 Å². The number of carbonyl (C=O) groups excluding carboxylic acids is 4. The zero-order valence-corrected chi connectivity index (χ0v) is 22.5. The second-order valence-electron chi connectivity index (χ2n) is 9.72. The van der Waals surface area contributed by atoms with Crippen LogP contribution < -0.4 is 16.2 Å². The molecule has 10 nitrogen and oxygen atoms in total. The molecule has 1 aliphatic heterocycles. The molecule has 1 saturated heterocycles. The smallest absolute Gasteiger partial charge is 0.328 e. The summed E-state index contributed by atoms with van der Waals surface area (Å²) in [4.78, 5) is 56.9. The zero-order valence-electron chi connectivity index (χ0n) is 22.5. The van der Waals surface area contributed by atoms with Gasteiger partial charge in [0.1, 0.15) is 12.1 Å². The Kier molecular flexibility index (Phi) is 13.1. The van der Waals surface area contributed by atoms with Crippen LogP contribution in [0.5, 0.6) is 0 Å². The largest absolute Gasteiger partial charge is 0.467 e. The molecule has 2 rings (SSSR count). The molecule has 0 saturated carbocycles. The Morgan fingerprint density at radius 2 is 1.86 bits per heavy atom. The van der Waals surface area contributed by atoms with Gasteiger partial charge < -0.3 is 10.1 Å². The molecule has 206 valence electrons. The van der Waals surface area contributed by atoms with Crippen LogP contribution >= 0.6 is 0 Å². The van der Waals surface area contributed by atoms with Gasteiger partial charge in [0.25, 0.3) is 0 Å². The van der Waals surface area contributed by atoms with Crippen LogP contribution in [-0.4, -0.2) is 54.4 Å². The fourth-order valence-corrected chi connectivity index (χ4v) is 4.28. The molecular weight excluding hydrogens is 476 g/mol. The van der Waals surface area contributed by atoms with Crippen LogP contribution in [0.3, 0.4) is 0 Å². The molecule has 0 unspecified atom stereocenters. The van der Waals surface area contributed by atoms with Gasteiger partial charge in [0.05, 0.1) is 13.7 Å². The average Bonchev–Trinajstić information content (AvgIpc) is 2.90. The Morgan fingerprint density at radius 3 is 2.51 bits per heavy atom. The second kappa shape index (κ2) is 16.0. The number of nitrogens with one attached hydrogen (secondary N) is 3. The number of hydrogen-bond donors (Lipinski definition) is 3. The Labute approximate surface area is 219 Å². The summed E-state index contributed by atoms with van der Waals surface area (Å²) in [7, 11) is 1.28. The van der Waals surface area contributed by atoms with Gasteiger partial charge in [-0.25, -0.2) is 15.7 Å². The maximum atomic E-state index is 13.6. The first-order valence-corrected chi connectivity index (χ1v) is 13.2. The molecule has 1 aromatic rings. The van der Waals surface area contributed by atoms with Crippen molar-refractivity contribution in [2.24, 2.45) is 11.8 Å². The van der Waals surface area contributed by atoms with Gasteiger partial charge in [-0.05, 0) is 30.7 Å². The van der Waals surface area contributed by atoms with E-state index in [9.17, 15) is 19.2 Å². The molecule has 3 N–H and O–H groups in total. The highest BCUT2D eigenvalue weighted by Gasteiger charge is 2.38. The summed E-state index contributed by atoms with van der Waals surface area (Å²) in [5, 5.41) is 4.10. The number of hydrogen-bond acceptors (Lipinski definition) is 7. The Morgan fingerprint density at radius 1 is 1.14 bits per heavy atom. The third-order valence-electron chi connectivity index (χ3n) is 6.41. The highest BCUT2D eigenvalue weighted by molar-refractivity contribution is 5.92. The van der Waals surface area contributed by atoms with Gasteiger partial charge >= 0.3 is 5.97 Å². The van der Waals surface area contributed by atoms with Gasteiger partial charge in [-0.3, -0.25) is 24.2 Å². The van der Waals surface area contributed by atoms with Crippen LogP contribution in [0.1, 0.15) is 71.3 Å². The van der Waals surface area contributed by atoms with Crippen molar-refractivity contribution in [3.8, 4) is 0 Å². The predicted octanol–water partition coefficient (Wildman–Crippen LogP) is 2.63. The molecule has 3 atom stereocenters. The minimum atomic E-state index is -0.815. The van der Waals surface area contributed by atoms with E-state index in [1.807, 2.05) is 44.2 Å². The fourth-order valence-electron chi connectivity index (χ4n) is 4.28. The van der Waals surface area contributed by atoms with E-state index in [0.29, 0.717) is 25.8 Å². The van der Waals surface area contributed by atoms with Crippen LogP contribution in [0.2, 0.25) is 0 Å². The van der Waals surface area contributed by atoms with E-state index in [2.05, 4.69) is 23.1 Å². The minimum Gasteiger partial charge on any atom is -0.467 e. The predicted molar refractivity (Wildman–Crippen MR) is 138 cm³/mol. The number of amides is 3. The normalized spacial score (nSPS) is 17.1. The van der Waals surface area contributed by atoms with E-state index in [-0.39, 0.29) is 24.9 Å². The number of hydrazine groups is 1. The third kappa shape index (κ3) is 9.77. The highest BCUT2D eigenvalue weighted by atomic mass is 16.6. The lowest BCUT2D eigenvalue weighted by Crippen LogP contribution is -2.62. The highest BCUT2D eigenvalue weighted by Crippen LogP contribution is 2.21. The summed E-state index contributed by atoms with van der Waals surface area (Å²) in [6.07, 6.45) is 4.30. The lowest BCUT2D eigenvalue weighted by atomic mass is 9.94. The van der Waals surface area contributed by atoms with Crippen molar-refractivity contribution in [3.05, 3.63) is 35.9 Å². The van der Waals surface area contributed by atoms with Crippen molar-refractivity contribution >= 4 is 23.7 Å². The van der Waals surface area contributed by atoms with Crippen molar-refractivity contribution in [2.75, 3.05) is 13.7 Å². The summed E-state index contributed by atoms with van der Waals surface area (Å²) in [6, 6.07) is 7.84. The summed E-state index contributed by atoms with van der Waals surface area (Å²) < 4.78 is 4.83. The van der Waals surface area contributed by atoms with Crippen molar-refractivity contribution in [1.82, 2.24) is 21.2 Å². The van der Waals surface area contributed by atoms with E-state index in [4.69, 9.17) is 9.57 Å². The maximum Gasteiger partial charge on any atom is 0.328 e. The molecule has 1 aromatic carbocycles. The van der Waals surface area contributed by atoms with Crippen molar-refractivity contribution in [3.63, 3.8) is 0 Å². The molecule has 0 aromatic heterocycles. The summed E-state index contributed by atoms with van der Waals surface area (Å²) >= 11 is 0. The minimum absolute atomic E-state index is 0.0549. The number of nitrogens with zero attached hydrogens (tertiary/aromatic N) is 1. The Bertz CT molecular complexity index is 879. The molecule has 10 heteroatoms. The molecule has 37 heavy (non-hydrogen) atoms. The van der Waals surface area contributed by atoms with E-state index in [1.165, 1.54) is 12.1 Å². The van der Waals surface area contributed by atoms with E-state index < -0.39 is 35.8 Å². The summed E-state index contributed by atoms with van der Waals surface area (Å²) in [5.41, 5.74) is 6.40. The van der Waals surface area contributed by atoms with Gasteiger partial charge in [-0.1, -0.05) is 70.4 Å². The quantitative estimate of drug-likeness (QED) is 0.196. The fraction of sp³-hybridized carbons (Fsp3) is 0.630. The van der Waals surface area contributed by atoms with Gasteiger partial charge in [0, 0.05) is 18.9 Å². The first kappa shape index (κ1) is 30.2. The monoisotopic (exact) mass is 518 g/mol. The molecule has 1 heterocycles. The average molecular weight is 519 g/mol. The number of hydroxylamine groups is 1. The molecular formula is C27H42N4O6. The molecule has 1 fully saturated rings.